The monoisotopic (exact) mass is 257 g/mol. The molecule has 3 N–H and O–H groups in total. The van der Waals surface area contributed by atoms with Gasteiger partial charge in [0.2, 0.25) is 0 Å². The number of hydrogen-bond donors (Lipinski definition) is 2. The van der Waals surface area contributed by atoms with E-state index in [1.165, 1.54) is 5.56 Å². The van der Waals surface area contributed by atoms with Gasteiger partial charge in [0.05, 0.1) is 16.7 Å². The van der Waals surface area contributed by atoms with Crippen molar-refractivity contribution in [1.82, 2.24) is 4.98 Å². The Labute approximate surface area is 110 Å². The van der Waals surface area contributed by atoms with Crippen molar-refractivity contribution in [3.63, 3.8) is 0 Å². The molecule has 3 nitrogen and oxygen atoms in total. The molecule has 0 saturated carbocycles. The molecule has 0 aliphatic heterocycles. The van der Waals surface area contributed by atoms with E-state index in [2.05, 4.69) is 10.4 Å². The van der Waals surface area contributed by atoms with Crippen LogP contribution < -0.4 is 11.3 Å². The molecule has 0 unspecified atom stereocenters. The highest BCUT2D eigenvalue weighted by Gasteiger charge is 2.08. The molecule has 3 rings (SSSR count). The summed E-state index contributed by atoms with van der Waals surface area (Å²) in [6.45, 7) is 2.04. The summed E-state index contributed by atoms with van der Waals surface area (Å²) in [6.07, 6.45) is 0. The van der Waals surface area contributed by atoms with Gasteiger partial charge in [0.1, 0.15) is 0 Å². The average molecular weight is 258 g/mol. The number of halogens is 1. The number of hydrazine groups is 1. The maximum atomic E-state index is 6.00. The van der Waals surface area contributed by atoms with Crippen LogP contribution in [0.15, 0.2) is 36.4 Å². The van der Waals surface area contributed by atoms with Crippen LogP contribution in [-0.2, 0) is 0 Å². The zero-order valence-corrected chi connectivity index (χ0v) is 10.6. The van der Waals surface area contributed by atoms with Crippen LogP contribution in [0.4, 0.5) is 5.69 Å². The number of hydrogen-bond acceptors (Lipinski definition) is 3. The second-order valence-electron chi connectivity index (χ2n) is 4.31. The van der Waals surface area contributed by atoms with Crippen molar-refractivity contribution in [2.45, 2.75) is 6.92 Å². The molecule has 18 heavy (non-hydrogen) atoms. The van der Waals surface area contributed by atoms with Crippen molar-refractivity contribution in [2.75, 3.05) is 5.43 Å². The third-order valence-electron chi connectivity index (χ3n) is 3.04. The quantitative estimate of drug-likeness (QED) is 0.398. The number of aryl methyl sites for hydroxylation is 1. The first-order chi connectivity index (χ1) is 8.69. The van der Waals surface area contributed by atoms with E-state index in [4.69, 9.17) is 17.4 Å². The summed E-state index contributed by atoms with van der Waals surface area (Å²) >= 11 is 6.00. The SMILES string of the molecule is Cc1ccc2c(NN)c3ccc(Cl)cc3nc2c1. The van der Waals surface area contributed by atoms with Gasteiger partial charge >= 0.3 is 0 Å². The molecule has 2 aromatic carbocycles. The highest BCUT2D eigenvalue weighted by molar-refractivity contribution is 6.31. The number of nitrogens with two attached hydrogens (primary N) is 1. The second-order valence-corrected chi connectivity index (χ2v) is 4.75. The third kappa shape index (κ3) is 1.68. The smallest absolute Gasteiger partial charge is 0.0745 e. The second kappa shape index (κ2) is 4.12. The predicted octanol–water partition coefficient (Wildman–Crippen LogP) is 3.64. The Bertz CT molecular complexity index is 693. The van der Waals surface area contributed by atoms with Crippen LogP contribution in [0.3, 0.4) is 0 Å². The van der Waals surface area contributed by atoms with Crippen molar-refractivity contribution in [3.05, 3.63) is 47.0 Å². The number of pyridine rings is 1. The fourth-order valence-corrected chi connectivity index (χ4v) is 2.35. The molecule has 0 atom stereocenters. The number of rotatable bonds is 1. The zero-order valence-electron chi connectivity index (χ0n) is 9.87. The highest BCUT2D eigenvalue weighted by Crippen LogP contribution is 2.31. The van der Waals surface area contributed by atoms with Crippen LogP contribution in [0.25, 0.3) is 21.8 Å². The number of benzene rings is 2. The largest absolute Gasteiger partial charge is 0.323 e. The fourth-order valence-electron chi connectivity index (χ4n) is 2.18. The molecule has 90 valence electrons. The Hall–Kier alpha value is -1.84. The minimum Gasteiger partial charge on any atom is -0.323 e. The summed E-state index contributed by atoms with van der Waals surface area (Å²) in [5.74, 6) is 5.65. The molecule has 0 saturated heterocycles. The molecular weight excluding hydrogens is 246 g/mol. The van der Waals surface area contributed by atoms with E-state index < -0.39 is 0 Å². The van der Waals surface area contributed by atoms with Crippen LogP contribution in [0.5, 0.6) is 0 Å². The Morgan fingerprint density at radius 1 is 1.06 bits per heavy atom. The van der Waals surface area contributed by atoms with Gasteiger partial charge in [-0.25, -0.2) is 4.98 Å². The van der Waals surface area contributed by atoms with E-state index in [0.717, 1.165) is 27.5 Å². The molecule has 0 aliphatic carbocycles. The van der Waals surface area contributed by atoms with Gasteiger partial charge in [0.25, 0.3) is 0 Å². The molecule has 0 fully saturated rings. The van der Waals surface area contributed by atoms with Gasteiger partial charge in [0.15, 0.2) is 0 Å². The maximum Gasteiger partial charge on any atom is 0.0745 e. The number of nitrogens with one attached hydrogen (secondary N) is 1. The number of nitrogen functional groups attached to an aromatic ring is 1. The molecule has 0 spiro atoms. The summed E-state index contributed by atoms with van der Waals surface area (Å²) in [7, 11) is 0. The maximum absolute atomic E-state index is 6.00. The van der Waals surface area contributed by atoms with Gasteiger partial charge < -0.3 is 5.43 Å². The van der Waals surface area contributed by atoms with E-state index in [1.54, 1.807) is 0 Å². The van der Waals surface area contributed by atoms with Gasteiger partial charge in [-0.1, -0.05) is 23.7 Å². The van der Waals surface area contributed by atoms with E-state index >= 15 is 0 Å². The van der Waals surface area contributed by atoms with Crippen LogP contribution in [0.1, 0.15) is 5.56 Å². The zero-order chi connectivity index (χ0) is 12.7. The van der Waals surface area contributed by atoms with E-state index in [-0.39, 0.29) is 0 Å². The van der Waals surface area contributed by atoms with Gasteiger partial charge in [-0.15, -0.1) is 0 Å². The molecular formula is C14H12ClN3. The van der Waals surface area contributed by atoms with Gasteiger partial charge in [-0.3, -0.25) is 5.84 Å². The Kier molecular flexibility index (Phi) is 2.58. The lowest BCUT2D eigenvalue weighted by atomic mass is 10.1. The van der Waals surface area contributed by atoms with Crippen LogP contribution in [0.2, 0.25) is 5.02 Å². The third-order valence-corrected chi connectivity index (χ3v) is 3.27. The van der Waals surface area contributed by atoms with E-state index in [1.807, 2.05) is 43.3 Å². The molecule has 1 heterocycles. The Balaban J connectivity index is 2.51. The molecule has 1 aromatic heterocycles. The number of fused-ring (bicyclic) bond motifs is 2. The summed E-state index contributed by atoms with van der Waals surface area (Å²) < 4.78 is 0. The van der Waals surface area contributed by atoms with Crippen molar-refractivity contribution in [1.29, 1.82) is 0 Å². The van der Waals surface area contributed by atoms with E-state index in [0.29, 0.717) is 5.02 Å². The first-order valence-corrected chi connectivity index (χ1v) is 6.03. The minimum atomic E-state index is 0.671. The standard InChI is InChI=1S/C14H12ClN3/c1-8-2-4-10-12(6-8)17-13-7-9(15)3-5-11(13)14(10)18-16/h2-7H,16H2,1H3,(H,17,18). The lowest BCUT2D eigenvalue weighted by Crippen LogP contribution is -2.08. The Morgan fingerprint density at radius 2 is 1.72 bits per heavy atom. The summed E-state index contributed by atoms with van der Waals surface area (Å²) in [6, 6.07) is 11.7. The lowest BCUT2D eigenvalue weighted by molar-refractivity contribution is 1.36. The topological polar surface area (TPSA) is 50.9 Å². The van der Waals surface area contributed by atoms with Crippen LogP contribution >= 0.6 is 11.6 Å². The first kappa shape index (κ1) is 11.3. The first-order valence-electron chi connectivity index (χ1n) is 5.65. The highest BCUT2D eigenvalue weighted by atomic mass is 35.5. The number of nitrogens with zero attached hydrogens (tertiary/aromatic N) is 1. The minimum absolute atomic E-state index is 0.671. The van der Waals surface area contributed by atoms with Crippen molar-refractivity contribution in [3.8, 4) is 0 Å². The molecule has 0 aliphatic rings. The predicted molar refractivity (Wildman–Crippen MR) is 76.8 cm³/mol. The van der Waals surface area contributed by atoms with Gasteiger partial charge in [0, 0.05) is 15.8 Å². The van der Waals surface area contributed by atoms with Crippen molar-refractivity contribution in [2.24, 2.45) is 5.84 Å². The van der Waals surface area contributed by atoms with Crippen LogP contribution in [0, 0.1) is 6.92 Å². The van der Waals surface area contributed by atoms with Gasteiger partial charge in [-0.05, 0) is 36.8 Å². The summed E-state index contributed by atoms with van der Waals surface area (Å²) in [5, 5.41) is 2.65. The summed E-state index contributed by atoms with van der Waals surface area (Å²) in [5.41, 5.74) is 6.57. The van der Waals surface area contributed by atoms with Crippen molar-refractivity contribution >= 4 is 39.1 Å². The van der Waals surface area contributed by atoms with E-state index in [9.17, 15) is 0 Å². The lowest BCUT2D eigenvalue weighted by Gasteiger charge is -2.10. The van der Waals surface area contributed by atoms with Gasteiger partial charge in [-0.2, -0.15) is 0 Å². The molecule has 4 heteroatoms. The normalized spacial score (nSPS) is 11.1. The Morgan fingerprint density at radius 3 is 2.44 bits per heavy atom. The molecule has 0 amide bonds. The molecule has 3 aromatic rings. The fraction of sp³-hybridized carbons (Fsp3) is 0.0714. The summed E-state index contributed by atoms with van der Waals surface area (Å²) in [4.78, 5) is 4.63. The molecule has 0 radical (unpaired) electrons. The van der Waals surface area contributed by atoms with Crippen molar-refractivity contribution < 1.29 is 0 Å². The number of anilines is 1. The average Bonchev–Trinajstić information content (AvgIpc) is 2.35. The van der Waals surface area contributed by atoms with Crippen LogP contribution in [-0.4, -0.2) is 4.98 Å². The molecule has 0 bridgehead atoms. The number of aromatic nitrogens is 1.